The van der Waals surface area contributed by atoms with E-state index in [1.165, 1.54) is 5.56 Å². The van der Waals surface area contributed by atoms with Crippen molar-refractivity contribution in [3.05, 3.63) is 35.8 Å². The number of furan rings is 1. The van der Waals surface area contributed by atoms with Crippen molar-refractivity contribution >= 4 is 0 Å². The molecule has 0 spiro atoms. The van der Waals surface area contributed by atoms with Crippen LogP contribution in [0.15, 0.2) is 23.1 Å². The average Bonchev–Trinajstić information content (AvgIpc) is 2.14. The van der Waals surface area contributed by atoms with Gasteiger partial charge in [0.1, 0.15) is 11.5 Å². The SMILES string of the molecule is C=CCc1cc(C)c(C)o1. The zero-order valence-electron chi connectivity index (χ0n) is 6.48. The Morgan fingerprint density at radius 2 is 2.30 bits per heavy atom. The molecule has 0 aromatic carbocycles. The quantitative estimate of drug-likeness (QED) is 0.569. The molecular formula is C9H12O. The molecule has 0 radical (unpaired) electrons. The molecule has 1 heterocycles. The Hall–Kier alpha value is -0.980. The minimum Gasteiger partial charge on any atom is -0.466 e. The van der Waals surface area contributed by atoms with Crippen LogP contribution in [0.25, 0.3) is 0 Å². The Balaban J connectivity index is 2.86. The van der Waals surface area contributed by atoms with E-state index in [1.54, 1.807) is 0 Å². The van der Waals surface area contributed by atoms with E-state index in [9.17, 15) is 0 Å². The van der Waals surface area contributed by atoms with Crippen LogP contribution in [0.4, 0.5) is 0 Å². The first-order valence-corrected chi connectivity index (χ1v) is 3.41. The highest BCUT2D eigenvalue weighted by atomic mass is 16.3. The highest BCUT2D eigenvalue weighted by molar-refractivity contribution is 5.19. The first-order valence-electron chi connectivity index (χ1n) is 3.41. The lowest BCUT2D eigenvalue weighted by molar-refractivity contribution is 0.493. The van der Waals surface area contributed by atoms with Gasteiger partial charge < -0.3 is 4.42 Å². The minimum absolute atomic E-state index is 0.828. The topological polar surface area (TPSA) is 13.1 Å². The lowest BCUT2D eigenvalue weighted by atomic mass is 10.2. The Kier molecular flexibility index (Phi) is 1.95. The maximum absolute atomic E-state index is 5.38. The molecule has 0 aliphatic heterocycles. The van der Waals surface area contributed by atoms with Crippen molar-refractivity contribution < 1.29 is 4.42 Å². The molecule has 1 aromatic heterocycles. The van der Waals surface area contributed by atoms with Crippen LogP contribution in [-0.4, -0.2) is 0 Å². The Bertz CT molecular complexity index is 213. The molecule has 0 fully saturated rings. The average molecular weight is 136 g/mol. The van der Waals surface area contributed by atoms with Crippen LogP contribution in [0.1, 0.15) is 17.1 Å². The second-order valence-corrected chi connectivity index (χ2v) is 2.44. The molecule has 0 atom stereocenters. The summed E-state index contributed by atoms with van der Waals surface area (Å²) >= 11 is 0. The molecule has 0 amide bonds. The van der Waals surface area contributed by atoms with Crippen LogP contribution < -0.4 is 0 Å². The second-order valence-electron chi connectivity index (χ2n) is 2.44. The summed E-state index contributed by atoms with van der Waals surface area (Å²) in [5.41, 5.74) is 1.22. The van der Waals surface area contributed by atoms with Crippen LogP contribution in [0.3, 0.4) is 0 Å². The normalized spacial score (nSPS) is 9.80. The monoisotopic (exact) mass is 136 g/mol. The Labute approximate surface area is 61.4 Å². The summed E-state index contributed by atoms with van der Waals surface area (Å²) in [5, 5.41) is 0. The van der Waals surface area contributed by atoms with Crippen molar-refractivity contribution in [1.29, 1.82) is 0 Å². The van der Waals surface area contributed by atoms with Gasteiger partial charge in [-0.1, -0.05) is 6.08 Å². The van der Waals surface area contributed by atoms with Gasteiger partial charge in [0.15, 0.2) is 0 Å². The lowest BCUT2D eigenvalue weighted by Crippen LogP contribution is -1.70. The van der Waals surface area contributed by atoms with Crippen LogP contribution in [0, 0.1) is 13.8 Å². The predicted octanol–water partition coefficient (Wildman–Crippen LogP) is 2.62. The van der Waals surface area contributed by atoms with E-state index in [2.05, 4.69) is 12.6 Å². The van der Waals surface area contributed by atoms with Crippen LogP contribution >= 0.6 is 0 Å². The third kappa shape index (κ3) is 1.29. The summed E-state index contributed by atoms with van der Waals surface area (Å²) in [5.74, 6) is 2.02. The van der Waals surface area contributed by atoms with Crippen molar-refractivity contribution in [1.82, 2.24) is 0 Å². The number of rotatable bonds is 2. The van der Waals surface area contributed by atoms with E-state index < -0.39 is 0 Å². The molecule has 0 unspecified atom stereocenters. The molecule has 1 rings (SSSR count). The van der Waals surface area contributed by atoms with Crippen molar-refractivity contribution in [2.24, 2.45) is 0 Å². The summed E-state index contributed by atoms with van der Waals surface area (Å²) < 4.78 is 5.38. The molecule has 1 heteroatoms. The molecule has 0 N–H and O–H groups in total. The molecule has 1 aromatic rings. The van der Waals surface area contributed by atoms with Crippen LogP contribution in [0.2, 0.25) is 0 Å². The molecule has 0 bridgehead atoms. The van der Waals surface area contributed by atoms with E-state index in [0.717, 1.165) is 17.9 Å². The lowest BCUT2D eigenvalue weighted by Gasteiger charge is -1.85. The third-order valence-corrected chi connectivity index (χ3v) is 1.56. The maximum atomic E-state index is 5.38. The largest absolute Gasteiger partial charge is 0.466 e. The highest BCUT2D eigenvalue weighted by Gasteiger charge is 1.99. The molecule has 54 valence electrons. The van der Waals surface area contributed by atoms with Gasteiger partial charge in [-0.3, -0.25) is 0 Å². The van der Waals surface area contributed by atoms with Crippen molar-refractivity contribution in [2.75, 3.05) is 0 Å². The van der Waals surface area contributed by atoms with Gasteiger partial charge in [-0.2, -0.15) is 0 Å². The molecule has 0 aliphatic rings. The van der Waals surface area contributed by atoms with Gasteiger partial charge in [0.2, 0.25) is 0 Å². The van der Waals surface area contributed by atoms with Gasteiger partial charge in [-0.15, -0.1) is 6.58 Å². The summed E-state index contributed by atoms with van der Waals surface area (Å²) in [6, 6.07) is 2.05. The first-order chi connectivity index (χ1) is 4.74. The fourth-order valence-corrected chi connectivity index (χ4v) is 0.893. The third-order valence-electron chi connectivity index (χ3n) is 1.56. The fourth-order valence-electron chi connectivity index (χ4n) is 0.893. The van der Waals surface area contributed by atoms with Gasteiger partial charge in [0.05, 0.1) is 0 Å². The molecular weight excluding hydrogens is 124 g/mol. The van der Waals surface area contributed by atoms with Crippen LogP contribution in [-0.2, 0) is 6.42 Å². The van der Waals surface area contributed by atoms with Gasteiger partial charge in [0, 0.05) is 6.42 Å². The number of hydrogen-bond donors (Lipinski definition) is 0. The van der Waals surface area contributed by atoms with Gasteiger partial charge in [-0.25, -0.2) is 0 Å². The Morgan fingerprint density at radius 3 is 2.70 bits per heavy atom. The highest BCUT2D eigenvalue weighted by Crippen LogP contribution is 2.13. The molecule has 10 heavy (non-hydrogen) atoms. The van der Waals surface area contributed by atoms with Gasteiger partial charge >= 0.3 is 0 Å². The summed E-state index contributed by atoms with van der Waals surface area (Å²) in [4.78, 5) is 0. The zero-order chi connectivity index (χ0) is 7.56. The molecule has 0 saturated heterocycles. The van der Waals surface area contributed by atoms with E-state index in [4.69, 9.17) is 4.42 Å². The standard InChI is InChI=1S/C9H12O/c1-4-5-9-6-7(2)8(3)10-9/h4,6H,1,5H2,2-3H3. The van der Waals surface area contributed by atoms with Crippen molar-refractivity contribution in [3.8, 4) is 0 Å². The van der Waals surface area contributed by atoms with E-state index in [1.807, 2.05) is 19.9 Å². The number of allylic oxidation sites excluding steroid dienone is 1. The van der Waals surface area contributed by atoms with Crippen molar-refractivity contribution in [2.45, 2.75) is 20.3 Å². The molecule has 1 nitrogen and oxygen atoms in total. The minimum atomic E-state index is 0.828. The fraction of sp³-hybridized carbons (Fsp3) is 0.333. The number of hydrogen-bond acceptors (Lipinski definition) is 1. The van der Waals surface area contributed by atoms with Gasteiger partial charge in [-0.05, 0) is 25.5 Å². The summed E-state index contributed by atoms with van der Waals surface area (Å²) in [7, 11) is 0. The van der Waals surface area contributed by atoms with Gasteiger partial charge in [0.25, 0.3) is 0 Å². The van der Waals surface area contributed by atoms with E-state index in [0.29, 0.717) is 0 Å². The second kappa shape index (κ2) is 2.74. The number of aryl methyl sites for hydroxylation is 2. The Morgan fingerprint density at radius 1 is 1.60 bits per heavy atom. The van der Waals surface area contributed by atoms with E-state index >= 15 is 0 Å². The predicted molar refractivity (Wildman–Crippen MR) is 42.1 cm³/mol. The summed E-state index contributed by atoms with van der Waals surface area (Å²) in [6.45, 7) is 7.66. The summed E-state index contributed by atoms with van der Waals surface area (Å²) in [6.07, 6.45) is 2.67. The molecule has 0 saturated carbocycles. The zero-order valence-corrected chi connectivity index (χ0v) is 6.48. The smallest absolute Gasteiger partial charge is 0.108 e. The van der Waals surface area contributed by atoms with Crippen LogP contribution in [0.5, 0.6) is 0 Å². The maximum Gasteiger partial charge on any atom is 0.108 e. The first kappa shape index (κ1) is 7.13. The van der Waals surface area contributed by atoms with E-state index in [-0.39, 0.29) is 0 Å². The van der Waals surface area contributed by atoms with Crippen molar-refractivity contribution in [3.63, 3.8) is 0 Å². The molecule has 0 aliphatic carbocycles.